The first kappa shape index (κ1) is 54.1. The Morgan fingerprint density at radius 1 is 0.362 bits per heavy atom. The van der Waals surface area contributed by atoms with Crippen LogP contribution in [0.1, 0.15) is 181 Å². The molecule has 326 valence electrons. The van der Waals surface area contributed by atoms with Crippen LogP contribution in [0.4, 0.5) is 0 Å². The van der Waals surface area contributed by atoms with Crippen LogP contribution in [0, 0.1) is 0 Å². The van der Waals surface area contributed by atoms with Gasteiger partial charge in [0.2, 0.25) is 0 Å². The van der Waals surface area contributed by atoms with Crippen LogP contribution in [0.15, 0.2) is 109 Å². The van der Waals surface area contributed by atoms with Gasteiger partial charge in [-0.2, -0.15) is 0 Å². The van der Waals surface area contributed by atoms with Crippen molar-refractivity contribution in [1.82, 2.24) is 0 Å². The molecule has 0 amide bonds. The minimum atomic E-state index is -0.832. The third kappa shape index (κ3) is 43.2. The molecule has 0 saturated carbocycles. The molecule has 1 unspecified atom stereocenters. The zero-order valence-electron chi connectivity index (χ0n) is 37.0. The highest BCUT2D eigenvalue weighted by Crippen LogP contribution is 2.12. The summed E-state index contributed by atoms with van der Waals surface area (Å²) >= 11 is 0. The maximum atomic E-state index is 12.7. The van der Waals surface area contributed by atoms with Crippen molar-refractivity contribution >= 4 is 17.9 Å². The number of carbonyl (C=O) groups excluding carboxylic acids is 3. The molecule has 0 spiro atoms. The fourth-order valence-corrected chi connectivity index (χ4v) is 5.67. The maximum absolute atomic E-state index is 12.7. The monoisotopic (exact) mass is 803 g/mol. The molecule has 0 saturated heterocycles. The summed E-state index contributed by atoms with van der Waals surface area (Å²) in [6, 6.07) is 0. The van der Waals surface area contributed by atoms with E-state index in [0.717, 1.165) is 83.5 Å². The van der Waals surface area contributed by atoms with Crippen molar-refractivity contribution in [2.24, 2.45) is 0 Å². The molecule has 6 nitrogen and oxygen atoms in total. The van der Waals surface area contributed by atoms with Crippen LogP contribution in [0.25, 0.3) is 0 Å². The molecule has 0 aliphatic rings. The molecule has 0 aromatic carbocycles. The fraction of sp³-hybridized carbons (Fsp3) is 0.596. The van der Waals surface area contributed by atoms with Crippen molar-refractivity contribution < 1.29 is 28.6 Å². The first-order chi connectivity index (χ1) is 28.5. The van der Waals surface area contributed by atoms with E-state index in [-0.39, 0.29) is 44.0 Å². The zero-order valence-corrected chi connectivity index (χ0v) is 37.0. The standard InChI is InChI=1S/C52H82O6/c1-4-7-10-13-16-19-22-23-24-25-26-27-28-29-31-33-36-39-42-45-51(54)57-48-49(47-56-50(53)44-41-38-35-32-21-18-15-12-9-6-3)58-52(55)46-43-40-37-34-30-20-17-14-11-8-5-2/h7-8,10-11,16-17,19-20,23-24,26-27,29,31,34,36-37,39,49H,4-6,9,12-15,18,21-22,25,28,30,32-33,35,38,40-48H2,1-3H3/b10-7-,11-8-,19-16-,20-17-,24-23-,27-26-,31-29-,37-34-,39-36-. The van der Waals surface area contributed by atoms with Gasteiger partial charge in [-0.05, 0) is 83.5 Å². The van der Waals surface area contributed by atoms with Gasteiger partial charge in [-0.25, -0.2) is 0 Å². The molecular formula is C52H82O6. The van der Waals surface area contributed by atoms with Crippen LogP contribution < -0.4 is 0 Å². The number of carbonyl (C=O) groups is 3. The second-order valence-electron chi connectivity index (χ2n) is 14.5. The van der Waals surface area contributed by atoms with Gasteiger partial charge in [-0.1, -0.05) is 188 Å². The highest BCUT2D eigenvalue weighted by atomic mass is 16.6. The SMILES string of the molecule is CC/C=C\C/C=C\C/C=C\C/C=C\C/C=C\C/C=C\CCC(=O)OCC(COC(=O)CCCCCCCCCCCC)OC(=O)CCC/C=C\C/C=C\C/C=C\CC. The lowest BCUT2D eigenvalue weighted by Gasteiger charge is -2.18. The topological polar surface area (TPSA) is 78.9 Å². The van der Waals surface area contributed by atoms with Crippen molar-refractivity contribution in [2.75, 3.05) is 13.2 Å². The molecule has 58 heavy (non-hydrogen) atoms. The van der Waals surface area contributed by atoms with Gasteiger partial charge < -0.3 is 14.2 Å². The average molecular weight is 803 g/mol. The summed E-state index contributed by atoms with van der Waals surface area (Å²) in [5.74, 6) is -1.08. The third-order valence-corrected chi connectivity index (χ3v) is 9.04. The maximum Gasteiger partial charge on any atom is 0.306 e. The molecule has 0 aliphatic carbocycles. The number of rotatable bonds is 39. The average Bonchev–Trinajstić information content (AvgIpc) is 3.22. The molecular weight excluding hydrogens is 721 g/mol. The number of ether oxygens (including phenoxy) is 3. The molecule has 1 atom stereocenters. The summed E-state index contributed by atoms with van der Waals surface area (Å²) in [7, 11) is 0. The Balaban J connectivity index is 4.54. The number of hydrogen-bond acceptors (Lipinski definition) is 6. The van der Waals surface area contributed by atoms with E-state index in [2.05, 4.69) is 118 Å². The summed E-state index contributed by atoms with van der Waals surface area (Å²) in [5, 5.41) is 0. The van der Waals surface area contributed by atoms with Crippen LogP contribution in [-0.4, -0.2) is 37.2 Å². The lowest BCUT2D eigenvalue weighted by molar-refractivity contribution is -0.166. The van der Waals surface area contributed by atoms with Crippen molar-refractivity contribution in [3.8, 4) is 0 Å². The molecule has 0 fully saturated rings. The van der Waals surface area contributed by atoms with E-state index in [1.54, 1.807) is 0 Å². The lowest BCUT2D eigenvalue weighted by Crippen LogP contribution is -2.30. The number of allylic oxidation sites excluding steroid dienone is 18. The predicted octanol–water partition coefficient (Wildman–Crippen LogP) is 14.8. The van der Waals surface area contributed by atoms with E-state index in [4.69, 9.17) is 14.2 Å². The van der Waals surface area contributed by atoms with Crippen molar-refractivity contribution in [3.05, 3.63) is 109 Å². The summed E-state index contributed by atoms with van der Waals surface area (Å²) in [6.07, 6.45) is 61.0. The van der Waals surface area contributed by atoms with Gasteiger partial charge in [0, 0.05) is 19.3 Å². The fourth-order valence-electron chi connectivity index (χ4n) is 5.67. The predicted molar refractivity (Wildman–Crippen MR) is 247 cm³/mol. The zero-order chi connectivity index (χ0) is 42.3. The van der Waals surface area contributed by atoms with Crippen LogP contribution in [0.3, 0.4) is 0 Å². The number of hydrogen-bond donors (Lipinski definition) is 0. The summed E-state index contributed by atoms with van der Waals surface area (Å²) in [5.41, 5.74) is 0. The molecule has 6 heteroatoms. The van der Waals surface area contributed by atoms with E-state index in [9.17, 15) is 14.4 Å². The molecule has 0 N–H and O–H groups in total. The molecule has 0 aliphatic heterocycles. The van der Waals surface area contributed by atoms with Crippen molar-refractivity contribution in [3.63, 3.8) is 0 Å². The van der Waals surface area contributed by atoms with Gasteiger partial charge in [-0.3, -0.25) is 14.4 Å². The highest BCUT2D eigenvalue weighted by Gasteiger charge is 2.19. The van der Waals surface area contributed by atoms with Crippen LogP contribution in [0.5, 0.6) is 0 Å². The summed E-state index contributed by atoms with van der Waals surface area (Å²) in [4.78, 5) is 37.6. The number of unbranched alkanes of at least 4 members (excludes halogenated alkanes) is 10. The third-order valence-electron chi connectivity index (χ3n) is 9.04. The normalized spacial score (nSPS) is 13.1. The van der Waals surface area contributed by atoms with E-state index >= 15 is 0 Å². The molecule has 0 rings (SSSR count). The summed E-state index contributed by atoms with van der Waals surface area (Å²) in [6.45, 7) is 6.24. The molecule has 0 aromatic heterocycles. The van der Waals surface area contributed by atoms with E-state index in [0.29, 0.717) is 19.3 Å². The largest absolute Gasteiger partial charge is 0.462 e. The Morgan fingerprint density at radius 3 is 1.14 bits per heavy atom. The van der Waals surface area contributed by atoms with E-state index in [1.165, 1.54) is 44.9 Å². The minimum Gasteiger partial charge on any atom is -0.462 e. The quantitative estimate of drug-likeness (QED) is 0.0267. The van der Waals surface area contributed by atoms with Crippen LogP contribution in [-0.2, 0) is 28.6 Å². The van der Waals surface area contributed by atoms with Crippen LogP contribution in [0.2, 0.25) is 0 Å². The minimum absolute atomic E-state index is 0.123. The Labute approximate surface area is 355 Å². The van der Waals surface area contributed by atoms with E-state index in [1.807, 2.05) is 12.2 Å². The van der Waals surface area contributed by atoms with Gasteiger partial charge in [0.05, 0.1) is 0 Å². The van der Waals surface area contributed by atoms with Crippen molar-refractivity contribution in [1.29, 1.82) is 0 Å². The molecule has 0 heterocycles. The Kier molecular flexibility index (Phi) is 42.7. The Morgan fingerprint density at radius 2 is 0.707 bits per heavy atom. The highest BCUT2D eigenvalue weighted by molar-refractivity contribution is 5.71. The first-order valence-electron chi connectivity index (χ1n) is 22.9. The number of esters is 3. The first-order valence-corrected chi connectivity index (χ1v) is 22.9. The smallest absolute Gasteiger partial charge is 0.306 e. The lowest BCUT2D eigenvalue weighted by atomic mass is 10.1. The Bertz CT molecular complexity index is 1240. The van der Waals surface area contributed by atoms with Gasteiger partial charge in [0.15, 0.2) is 6.10 Å². The van der Waals surface area contributed by atoms with Gasteiger partial charge in [0.25, 0.3) is 0 Å². The molecule has 0 aromatic rings. The van der Waals surface area contributed by atoms with Gasteiger partial charge >= 0.3 is 17.9 Å². The van der Waals surface area contributed by atoms with Crippen LogP contribution >= 0.6 is 0 Å². The molecule has 0 bridgehead atoms. The summed E-state index contributed by atoms with van der Waals surface area (Å²) < 4.78 is 16.6. The van der Waals surface area contributed by atoms with Gasteiger partial charge in [-0.15, -0.1) is 0 Å². The van der Waals surface area contributed by atoms with E-state index < -0.39 is 6.10 Å². The van der Waals surface area contributed by atoms with Crippen molar-refractivity contribution in [2.45, 2.75) is 187 Å². The second kappa shape index (κ2) is 45.8. The Hall–Kier alpha value is -3.93. The molecule has 0 radical (unpaired) electrons. The second-order valence-corrected chi connectivity index (χ2v) is 14.5. The van der Waals surface area contributed by atoms with Gasteiger partial charge in [0.1, 0.15) is 13.2 Å².